The van der Waals surface area contributed by atoms with Crippen molar-refractivity contribution in [2.24, 2.45) is 0 Å². The summed E-state index contributed by atoms with van der Waals surface area (Å²) < 4.78 is 0. The Balaban J connectivity index is 0.000000175. The summed E-state index contributed by atoms with van der Waals surface area (Å²) in [5.74, 6) is 2.70. The summed E-state index contributed by atoms with van der Waals surface area (Å²) in [5.41, 5.74) is 10.4. The van der Waals surface area contributed by atoms with Gasteiger partial charge in [-0.2, -0.15) is 0 Å². The van der Waals surface area contributed by atoms with Crippen LogP contribution in [0.1, 0.15) is 22.6 Å². The molecule has 0 amide bonds. The zero-order chi connectivity index (χ0) is 39.1. The van der Waals surface area contributed by atoms with Gasteiger partial charge >= 0.3 is 0 Å². The van der Waals surface area contributed by atoms with Crippen molar-refractivity contribution in [1.82, 2.24) is 39.9 Å². The molecule has 8 heteroatoms. The van der Waals surface area contributed by atoms with Crippen LogP contribution in [0.15, 0.2) is 188 Å². The van der Waals surface area contributed by atoms with Crippen LogP contribution in [0, 0.1) is 0 Å². The summed E-state index contributed by atoms with van der Waals surface area (Å²) in [6.07, 6.45) is 0. The minimum Gasteiger partial charge on any atom is -0.324 e. The quantitative estimate of drug-likeness (QED) is 0.174. The van der Waals surface area contributed by atoms with E-state index in [1.807, 2.05) is 97.1 Å². The van der Waals surface area contributed by atoms with Gasteiger partial charge in [-0.15, -0.1) is 0 Å². The molecule has 8 nitrogen and oxygen atoms in total. The van der Waals surface area contributed by atoms with Gasteiger partial charge in [0.05, 0.1) is 0 Å². The van der Waals surface area contributed by atoms with Crippen LogP contribution < -0.4 is 0 Å². The van der Waals surface area contributed by atoms with Gasteiger partial charge in [0.2, 0.25) is 0 Å². The van der Waals surface area contributed by atoms with Crippen LogP contribution in [0.4, 0.5) is 0 Å². The Kier molecular flexibility index (Phi) is 8.36. The topological polar surface area (TPSA) is 109 Å². The third-order valence-corrected chi connectivity index (χ3v) is 10.9. The molecule has 0 aliphatic carbocycles. The van der Waals surface area contributed by atoms with Crippen LogP contribution >= 0.6 is 0 Å². The zero-order valence-electron chi connectivity index (χ0n) is 31.7. The second-order valence-corrected chi connectivity index (χ2v) is 14.5. The summed E-state index contributed by atoms with van der Waals surface area (Å²) in [7, 11) is 0. The molecule has 0 unspecified atom stereocenters. The van der Waals surface area contributed by atoms with Gasteiger partial charge in [-0.05, 0) is 16.7 Å². The number of H-pyrrole nitrogens is 2. The highest BCUT2D eigenvalue weighted by atomic mass is 15.1. The van der Waals surface area contributed by atoms with Gasteiger partial charge in [0.15, 0.2) is 23.3 Å². The van der Waals surface area contributed by atoms with Crippen LogP contribution in [0.2, 0.25) is 0 Å². The van der Waals surface area contributed by atoms with Crippen LogP contribution in [-0.2, 0) is 0 Å². The molecule has 0 fully saturated rings. The molecule has 8 bridgehead atoms. The second-order valence-electron chi connectivity index (χ2n) is 14.5. The van der Waals surface area contributed by atoms with E-state index in [1.54, 1.807) is 0 Å². The summed E-state index contributed by atoms with van der Waals surface area (Å²) in [6.45, 7) is 0. The van der Waals surface area contributed by atoms with Crippen molar-refractivity contribution < 1.29 is 0 Å². The molecule has 0 atom stereocenters. The predicted octanol–water partition coefficient (Wildman–Crippen LogP) is 11.7. The second kappa shape index (κ2) is 14.4. The Hall–Kier alpha value is -8.10. The average molecular weight is 759 g/mol. The lowest BCUT2D eigenvalue weighted by atomic mass is 9.85. The van der Waals surface area contributed by atoms with E-state index >= 15 is 0 Å². The number of nitrogens with zero attached hydrogens (tertiary/aromatic N) is 6. The molecule has 5 heterocycles. The summed E-state index contributed by atoms with van der Waals surface area (Å²) in [6, 6.07) is 64.3. The Labute approximate surface area is 339 Å². The number of benzene rings is 7. The van der Waals surface area contributed by atoms with Crippen LogP contribution in [0.5, 0.6) is 0 Å². The maximum absolute atomic E-state index is 5.02. The Morgan fingerprint density at radius 1 is 0.254 bits per heavy atom. The van der Waals surface area contributed by atoms with E-state index in [0.717, 1.165) is 43.8 Å². The van der Waals surface area contributed by atoms with Crippen LogP contribution in [0.3, 0.4) is 0 Å². The predicted molar refractivity (Wildman–Crippen MR) is 236 cm³/mol. The fourth-order valence-electron chi connectivity index (χ4n) is 8.10. The third kappa shape index (κ3) is 6.20. The lowest BCUT2D eigenvalue weighted by molar-refractivity contribution is 0.977. The Morgan fingerprint density at radius 3 is 0.763 bits per heavy atom. The largest absolute Gasteiger partial charge is 0.324 e. The number of aromatic amines is 2. The number of rotatable bonds is 3. The van der Waals surface area contributed by atoms with Crippen molar-refractivity contribution in [3.8, 4) is 45.6 Å². The van der Waals surface area contributed by atoms with Gasteiger partial charge in [-0.3, -0.25) is 0 Å². The summed E-state index contributed by atoms with van der Waals surface area (Å²) >= 11 is 0. The fourth-order valence-corrected chi connectivity index (χ4v) is 8.10. The van der Waals surface area contributed by atoms with Gasteiger partial charge in [0.1, 0.15) is 22.6 Å². The number of hydrogen-bond acceptors (Lipinski definition) is 6. The van der Waals surface area contributed by atoms with Crippen molar-refractivity contribution in [2.45, 2.75) is 5.92 Å². The smallest absolute Gasteiger partial charge is 0.164 e. The van der Waals surface area contributed by atoms with E-state index in [-0.39, 0.29) is 0 Å². The first-order valence-corrected chi connectivity index (χ1v) is 19.6. The average Bonchev–Trinajstić information content (AvgIpc) is 4.04. The highest BCUT2D eigenvalue weighted by molar-refractivity contribution is 6.06. The molecular formula is C51H34N8. The molecule has 3 aromatic heterocycles. The van der Waals surface area contributed by atoms with Crippen molar-refractivity contribution in [2.75, 3.05) is 0 Å². The lowest BCUT2D eigenvalue weighted by Gasteiger charge is -2.18. The molecule has 10 aromatic rings. The number of aromatic nitrogens is 8. The van der Waals surface area contributed by atoms with Crippen molar-refractivity contribution in [3.05, 3.63) is 205 Å². The van der Waals surface area contributed by atoms with E-state index < -0.39 is 0 Å². The van der Waals surface area contributed by atoms with E-state index in [2.05, 4.69) is 101 Å². The molecule has 2 aliphatic heterocycles. The van der Waals surface area contributed by atoms with Crippen molar-refractivity contribution >= 4 is 44.1 Å². The van der Waals surface area contributed by atoms with Crippen molar-refractivity contribution in [1.29, 1.82) is 0 Å². The maximum atomic E-state index is 5.02. The molecule has 278 valence electrons. The first-order chi connectivity index (χ1) is 29.2. The third-order valence-electron chi connectivity index (χ3n) is 10.9. The molecule has 0 radical (unpaired) electrons. The molecule has 12 rings (SSSR count). The summed E-state index contributed by atoms with van der Waals surface area (Å²) in [5, 5.41) is 3.82. The van der Waals surface area contributed by atoms with E-state index in [1.165, 1.54) is 16.7 Å². The zero-order valence-corrected chi connectivity index (χ0v) is 31.7. The molecule has 0 saturated carbocycles. The standard InChI is InChI=1S/C32H18N8.C19H16/c1-2-10-18-17(9-1)25-33-26(18)38-28-21-13-5-6-14-22(21)30(35-28)40-32-24-16-8-7-15-23(24)31(36-32)39-29-20-12-4-3-11-19(20)27(34-29)37-25;1-4-10-16(11-5-1)19(17-12-6-2-7-13-17)18-14-8-3-9-15-18/h1-16H,(H2,33,34,35,36,37,38,39,40);1-15,19H. The summed E-state index contributed by atoms with van der Waals surface area (Å²) in [4.78, 5) is 36.8. The minimum absolute atomic E-state index is 0.309. The normalized spacial score (nSPS) is 11.5. The molecular weight excluding hydrogens is 725 g/mol. The van der Waals surface area contributed by atoms with E-state index in [4.69, 9.17) is 29.9 Å². The lowest BCUT2D eigenvalue weighted by Crippen LogP contribution is -2.02. The monoisotopic (exact) mass is 758 g/mol. The van der Waals surface area contributed by atoms with Gasteiger partial charge in [0.25, 0.3) is 0 Å². The van der Waals surface area contributed by atoms with Gasteiger partial charge in [0, 0.05) is 49.7 Å². The van der Waals surface area contributed by atoms with Crippen LogP contribution in [0.25, 0.3) is 89.7 Å². The highest BCUT2D eigenvalue weighted by Gasteiger charge is 2.22. The van der Waals surface area contributed by atoms with E-state index in [9.17, 15) is 0 Å². The van der Waals surface area contributed by atoms with Gasteiger partial charge in [-0.25, -0.2) is 29.9 Å². The Bertz CT molecular complexity index is 2930. The molecule has 0 spiro atoms. The molecule has 59 heavy (non-hydrogen) atoms. The maximum Gasteiger partial charge on any atom is 0.164 e. The fraction of sp³-hybridized carbons (Fsp3) is 0.0196. The van der Waals surface area contributed by atoms with Gasteiger partial charge < -0.3 is 9.97 Å². The molecule has 2 aliphatic rings. The number of nitrogens with one attached hydrogen (secondary N) is 2. The number of fused-ring (bicyclic) bond motifs is 20. The highest BCUT2D eigenvalue weighted by Crippen LogP contribution is 2.37. The minimum atomic E-state index is 0.309. The molecule has 7 aromatic carbocycles. The van der Waals surface area contributed by atoms with Gasteiger partial charge in [-0.1, -0.05) is 188 Å². The SMILES string of the molecule is c1ccc(C(c2ccccc2)c2ccccc2)cc1.c1ccc2c(c1)-c1nc-2nc2[nH]c(nc3nc(nc4[nH]c(n1)c1ccccc41)-c1ccccc1-3)c1ccccc21. The van der Waals surface area contributed by atoms with Crippen molar-refractivity contribution in [3.63, 3.8) is 0 Å². The molecule has 0 saturated heterocycles. The molecule has 2 N–H and O–H groups in total. The van der Waals surface area contributed by atoms with Crippen LogP contribution in [-0.4, -0.2) is 39.9 Å². The first-order valence-electron chi connectivity index (χ1n) is 19.6. The Morgan fingerprint density at radius 2 is 0.492 bits per heavy atom. The van der Waals surface area contributed by atoms with E-state index in [0.29, 0.717) is 51.8 Å². The number of hydrogen-bond donors (Lipinski definition) is 2. The first kappa shape index (κ1) is 34.2.